The SMILES string of the molecule is NC(=O)c1c(OC2CC3(CC(NC(=O)c4cnn5cc(OCC(F)F)ccc45)C3)C2)nn2cc(F)ccc12. The fourth-order valence-electron chi connectivity index (χ4n) is 5.53. The molecule has 198 valence electrons. The Morgan fingerprint density at radius 3 is 2.61 bits per heavy atom. The van der Waals surface area contributed by atoms with Crippen molar-refractivity contribution in [3.63, 3.8) is 0 Å². The Morgan fingerprint density at radius 2 is 1.87 bits per heavy atom. The minimum atomic E-state index is -2.59. The van der Waals surface area contributed by atoms with Crippen molar-refractivity contribution < 1.29 is 32.2 Å². The van der Waals surface area contributed by atoms with Crippen LogP contribution in [0.15, 0.2) is 42.9 Å². The lowest BCUT2D eigenvalue weighted by Crippen LogP contribution is -2.58. The number of pyridine rings is 2. The number of ether oxygens (including phenoxy) is 2. The summed E-state index contributed by atoms with van der Waals surface area (Å²) in [4.78, 5) is 24.8. The van der Waals surface area contributed by atoms with Crippen molar-refractivity contribution >= 4 is 22.8 Å². The van der Waals surface area contributed by atoms with Crippen LogP contribution < -0.4 is 20.5 Å². The molecule has 0 saturated heterocycles. The Hall–Kier alpha value is -4.29. The van der Waals surface area contributed by atoms with Gasteiger partial charge in [0, 0.05) is 6.04 Å². The van der Waals surface area contributed by atoms with Crippen molar-refractivity contribution in [3.05, 3.63) is 59.8 Å². The number of nitrogens with one attached hydrogen (secondary N) is 1. The second kappa shape index (κ2) is 8.92. The number of primary amides is 1. The van der Waals surface area contributed by atoms with E-state index in [1.54, 1.807) is 6.07 Å². The van der Waals surface area contributed by atoms with Gasteiger partial charge >= 0.3 is 0 Å². The number of halogens is 3. The first kappa shape index (κ1) is 24.1. The number of carbonyl (C=O) groups excluding carboxylic acids is 2. The van der Waals surface area contributed by atoms with Gasteiger partial charge in [-0.15, -0.1) is 5.10 Å². The molecule has 2 saturated carbocycles. The lowest BCUT2D eigenvalue weighted by molar-refractivity contribution is -0.0848. The smallest absolute Gasteiger partial charge is 0.272 e. The van der Waals surface area contributed by atoms with Crippen LogP contribution in [0.2, 0.25) is 0 Å². The van der Waals surface area contributed by atoms with Crippen molar-refractivity contribution in [1.82, 2.24) is 24.5 Å². The molecule has 4 aromatic heterocycles. The van der Waals surface area contributed by atoms with Crippen LogP contribution in [-0.2, 0) is 0 Å². The molecule has 2 aliphatic carbocycles. The minimum Gasteiger partial charge on any atom is -0.486 e. The number of amides is 2. The van der Waals surface area contributed by atoms with Gasteiger partial charge in [0.15, 0.2) is 0 Å². The molecule has 2 aliphatic rings. The molecule has 13 heteroatoms. The number of nitrogens with zero attached hydrogens (tertiary/aromatic N) is 4. The van der Waals surface area contributed by atoms with Crippen molar-refractivity contribution in [2.45, 2.75) is 44.3 Å². The number of carbonyl (C=O) groups is 2. The third kappa shape index (κ3) is 4.27. The van der Waals surface area contributed by atoms with E-state index in [1.807, 2.05) is 0 Å². The van der Waals surface area contributed by atoms with Crippen LogP contribution in [0.4, 0.5) is 13.2 Å². The second-order valence-electron chi connectivity index (χ2n) is 9.90. The third-order valence-corrected chi connectivity index (χ3v) is 7.21. The van der Waals surface area contributed by atoms with Crippen LogP contribution in [0.25, 0.3) is 11.0 Å². The van der Waals surface area contributed by atoms with Gasteiger partial charge in [-0.1, -0.05) is 0 Å². The molecule has 0 aromatic carbocycles. The Morgan fingerprint density at radius 1 is 1.11 bits per heavy atom. The third-order valence-electron chi connectivity index (χ3n) is 7.21. The summed E-state index contributed by atoms with van der Waals surface area (Å²) in [5.41, 5.74) is 6.96. The van der Waals surface area contributed by atoms with Crippen molar-refractivity contribution in [2.24, 2.45) is 11.1 Å². The largest absolute Gasteiger partial charge is 0.486 e. The van der Waals surface area contributed by atoms with E-state index >= 15 is 0 Å². The summed E-state index contributed by atoms with van der Waals surface area (Å²) in [6.45, 7) is -0.722. The van der Waals surface area contributed by atoms with E-state index in [1.165, 1.54) is 39.6 Å². The topological polar surface area (TPSA) is 125 Å². The summed E-state index contributed by atoms with van der Waals surface area (Å²) >= 11 is 0. The fourth-order valence-corrected chi connectivity index (χ4v) is 5.53. The second-order valence-corrected chi connectivity index (χ2v) is 9.90. The molecular weight excluding hydrogens is 505 g/mol. The molecule has 6 rings (SSSR count). The molecule has 38 heavy (non-hydrogen) atoms. The molecule has 4 heterocycles. The van der Waals surface area contributed by atoms with Crippen LogP contribution >= 0.6 is 0 Å². The fraction of sp³-hybridized carbons (Fsp3) is 0.360. The maximum absolute atomic E-state index is 13.6. The van der Waals surface area contributed by atoms with Crippen LogP contribution in [0.3, 0.4) is 0 Å². The summed E-state index contributed by atoms with van der Waals surface area (Å²) in [7, 11) is 0. The van der Waals surface area contributed by atoms with Crippen LogP contribution in [-0.4, -0.2) is 56.2 Å². The van der Waals surface area contributed by atoms with Crippen LogP contribution in [0.1, 0.15) is 46.4 Å². The molecule has 0 atom stereocenters. The van der Waals surface area contributed by atoms with Gasteiger partial charge in [-0.3, -0.25) is 9.59 Å². The van der Waals surface area contributed by atoms with Gasteiger partial charge in [0.2, 0.25) is 5.88 Å². The first-order chi connectivity index (χ1) is 18.2. The van der Waals surface area contributed by atoms with Gasteiger partial charge in [0.1, 0.15) is 29.8 Å². The highest BCUT2D eigenvalue weighted by Crippen LogP contribution is 2.57. The summed E-state index contributed by atoms with van der Waals surface area (Å²) in [6.07, 6.45) is 4.31. The quantitative estimate of drug-likeness (QED) is 0.362. The molecule has 0 radical (unpaired) electrons. The van der Waals surface area contributed by atoms with Crippen LogP contribution in [0.5, 0.6) is 11.6 Å². The van der Waals surface area contributed by atoms with Gasteiger partial charge in [0.05, 0.1) is 35.2 Å². The van der Waals surface area contributed by atoms with E-state index in [-0.39, 0.29) is 40.7 Å². The van der Waals surface area contributed by atoms with E-state index in [0.29, 0.717) is 16.6 Å². The van der Waals surface area contributed by atoms with E-state index in [0.717, 1.165) is 31.9 Å². The van der Waals surface area contributed by atoms with E-state index < -0.39 is 24.8 Å². The molecule has 0 unspecified atom stereocenters. The number of alkyl halides is 2. The summed E-state index contributed by atoms with van der Waals surface area (Å²) in [6, 6.07) is 5.77. The van der Waals surface area contributed by atoms with Crippen molar-refractivity contribution in [2.75, 3.05) is 6.61 Å². The molecule has 1 spiro atoms. The molecule has 2 amide bonds. The Bertz CT molecular complexity index is 1550. The van der Waals surface area contributed by atoms with Gasteiger partial charge in [-0.2, -0.15) is 5.10 Å². The molecule has 4 aromatic rings. The zero-order chi connectivity index (χ0) is 26.6. The highest BCUT2D eigenvalue weighted by atomic mass is 19.3. The van der Waals surface area contributed by atoms with Gasteiger partial charge in [-0.25, -0.2) is 22.2 Å². The number of nitrogens with two attached hydrogens (primary N) is 1. The number of aromatic nitrogens is 4. The number of hydrogen-bond donors (Lipinski definition) is 2. The molecule has 0 bridgehead atoms. The van der Waals surface area contributed by atoms with E-state index in [4.69, 9.17) is 15.2 Å². The predicted octanol–water partition coefficient (Wildman–Crippen LogP) is 2.98. The van der Waals surface area contributed by atoms with Gasteiger partial charge in [0.25, 0.3) is 18.2 Å². The Kier molecular flexibility index (Phi) is 5.65. The first-order valence-electron chi connectivity index (χ1n) is 12.0. The molecule has 2 fully saturated rings. The Balaban J connectivity index is 1.04. The van der Waals surface area contributed by atoms with Gasteiger partial charge < -0.3 is 20.5 Å². The monoisotopic (exact) mass is 528 g/mol. The highest BCUT2D eigenvalue weighted by molar-refractivity contribution is 6.02. The summed E-state index contributed by atoms with van der Waals surface area (Å²) in [5, 5.41) is 11.3. The standard InChI is InChI=1S/C25H23F3N6O4/c26-13-1-3-19-21(22(29)35)24(32-34(19)10-13)38-16-7-25(8-16)5-14(6-25)31-23(36)17-9-30-33-11-15(2-4-18(17)33)37-12-20(27)28/h1-4,9-11,14,16,20H,5-8,12H2,(H2,29,35)(H,31,36). The lowest BCUT2D eigenvalue weighted by atomic mass is 9.53. The average Bonchev–Trinajstić information content (AvgIpc) is 3.40. The normalized spacial score (nSPS) is 22.4. The van der Waals surface area contributed by atoms with E-state index in [2.05, 4.69) is 15.5 Å². The average molecular weight is 528 g/mol. The van der Waals surface area contributed by atoms with Crippen molar-refractivity contribution in [1.29, 1.82) is 0 Å². The maximum atomic E-state index is 13.6. The van der Waals surface area contributed by atoms with Gasteiger partial charge in [-0.05, 0) is 55.4 Å². The zero-order valence-electron chi connectivity index (χ0n) is 19.9. The first-order valence-corrected chi connectivity index (χ1v) is 12.0. The molecule has 3 N–H and O–H groups in total. The summed E-state index contributed by atoms with van der Waals surface area (Å²) in [5.74, 6) is -1.15. The molecular formula is C25H23F3N6O4. The van der Waals surface area contributed by atoms with E-state index in [9.17, 15) is 22.8 Å². The zero-order valence-corrected chi connectivity index (χ0v) is 19.9. The molecule has 0 aliphatic heterocycles. The van der Waals surface area contributed by atoms with Crippen LogP contribution in [0, 0.1) is 11.2 Å². The Labute approximate surface area is 213 Å². The molecule has 10 nitrogen and oxygen atoms in total. The number of rotatable bonds is 8. The van der Waals surface area contributed by atoms with Crippen molar-refractivity contribution in [3.8, 4) is 11.6 Å². The number of fused-ring (bicyclic) bond motifs is 2. The highest BCUT2D eigenvalue weighted by Gasteiger charge is 2.54. The lowest BCUT2D eigenvalue weighted by Gasteiger charge is -2.57. The number of hydrogen-bond acceptors (Lipinski definition) is 6. The predicted molar refractivity (Wildman–Crippen MR) is 127 cm³/mol. The summed E-state index contributed by atoms with van der Waals surface area (Å²) < 4.78 is 51.9. The minimum absolute atomic E-state index is 0.00796. The maximum Gasteiger partial charge on any atom is 0.272 e.